The highest BCUT2D eigenvalue weighted by molar-refractivity contribution is 6.32. The first-order valence-electron chi connectivity index (χ1n) is 10.7. The summed E-state index contributed by atoms with van der Waals surface area (Å²) < 4.78 is 61.4. The van der Waals surface area contributed by atoms with Gasteiger partial charge >= 0.3 is 0 Å². The Kier molecular flexibility index (Phi) is 7.59. The van der Waals surface area contributed by atoms with Gasteiger partial charge in [-0.25, -0.2) is 17.6 Å². The fraction of sp³-hybridized carbons (Fsp3) is 0.154. The van der Waals surface area contributed by atoms with Crippen LogP contribution in [-0.4, -0.2) is 27.2 Å². The van der Waals surface area contributed by atoms with Crippen molar-refractivity contribution in [2.45, 2.75) is 19.4 Å². The van der Waals surface area contributed by atoms with Crippen molar-refractivity contribution in [2.75, 3.05) is 7.11 Å². The van der Waals surface area contributed by atoms with Crippen LogP contribution in [0, 0.1) is 0 Å². The summed E-state index contributed by atoms with van der Waals surface area (Å²) in [5, 5.41) is 2.83. The topological polar surface area (TPSA) is 49.0 Å². The van der Waals surface area contributed by atoms with Crippen LogP contribution < -0.4 is 4.74 Å². The third-order valence-corrected chi connectivity index (χ3v) is 5.86. The lowest BCUT2D eigenvalue weighted by atomic mass is 10.1. The van der Waals surface area contributed by atoms with Gasteiger partial charge in [-0.05, 0) is 60.2 Å². The number of methoxy groups -OCH3 is 1. The molecule has 0 aliphatic heterocycles. The molecular formula is C26H20ClF4N3O2. The summed E-state index contributed by atoms with van der Waals surface area (Å²) in [6.07, 6.45) is 0.547. The molecule has 0 radical (unpaired) electrons. The van der Waals surface area contributed by atoms with Gasteiger partial charge in [0, 0.05) is 29.2 Å². The Labute approximate surface area is 209 Å². The molecule has 0 spiro atoms. The van der Waals surface area contributed by atoms with Crippen LogP contribution in [0.15, 0.2) is 73.1 Å². The van der Waals surface area contributed by atoms with Gasteiger partial charge in [0.2, 0.25) is 0 Å². The summed E-state index contributed by atoms with van der Waals surface area (Å²) in [6, 6.07) is 15.8. The van der Waals surface area contributed by atoms with Gasteiger partial charge in [0.15, 0.2) is 5.78 Å². The molecule has 0 aliphatic carbocycles. The van der Waals surface area contributed by atoms with E-state index in [1.807, 2.05) is 41.2 Å². The normalized spacial score (nSPS) is 11.7. The standard InChI is InChI=1S/C26H20ClF4N3O2/c1-36-21-11-5-16(4-10-20(35)17-6-8-19(9-7-17)33-12-2-3-13-33)14-18(21)15-34-24(26(30)31)22(27)23(32-34)25(28)29/h2-14,25-26H,15H2,1H3/b10-4+. The number of hydrogen-bond acceptors (Lipinski definition) is 3. The van der Waals surface area contributed by atoms with Gasteiger partial charge in [-0.2, -0.15) is 5.10 Å². The van der Waals surface area contributed by atoms with Crippen molar-refractivity contribution < 1.29 is 27.1 Å². The second-order valence-corrected chi connectivity index (χ2v) is 8.13. The molecule has 0 unspecified atom stereocenters. The molecule has 0 saturated carbocycles. The Morgan fingerprint density at radius 3 is 2.36 bits per heavy atom. The highest BCUT2D eigenvalue weighted by Gasteiger charge is 2.28. The predicted molar refractivity (Wildman–Crippen MR) is 128 cm³/mol. The van der Waals surface area contributed by atoms with Crippen molar-refractivity contribution >= 4 is 23.5 Å². The van der Waals surface area contributed by atoms with Crippen molar-refractivity contribution in [3.8, 4) is 11.4 Å². The lowest BCUT2D eigenvalue weighted by Crippen LogP contribution is -2.08. The van der Waals surface area contributed by atoms with E-state index < -0.39 is 29.3 Å². The minimum atomic E-state index is -3.10. The number of halogens is 5. The summed E-state index contributed by atoms with van der Waals surface area (Å²) in [6.45, 7) is -0.286. The summed E-state index contributed by atoms with van der Waals surface area (Å²) >= 11 is 5.75. The van der Waals surface area contributed by atoms with Crippen LogP contribution in [0.5, 0.6) is 5.75 Å². The molecule has 0 fully saturated rings. The van der Waals surface area contributed by atoms with E-state index in [1.165, 1.54) is 13.2 Å². The molecule has 0 saturated heterocycles. The zero-order valence-corrected chi connectivity index (χ0v) is 19.7. The summed E-state index contributed by atoms with van der Waals surface area (Å²) in [7, 11) is 1.39. The zero-order chi connectivity index (χ0) is 25.8. The fourth-order valence-corrected chi connectivity index (χ4v) is 4.00. The summed E-state index contributed by atoms with van der Waals surface area (Å²) in [4.78, 5) is 12.6. The molecule has 0 atom stereocenters. The molecule has 36 heavy (non-hydrogen) atoms. The van der Waals surface area contributed by atoms with Crippen molar-refractivity contribution in [3.63, 3.8) is 0 Å². The second kappa shape index (κ2) is 10.8. The molecule has 2 aromatic carbocycles. The van der Waals surface area contributed by atoms with E-state index in [4.69, 9.17) is 16.3 Å². The number of aromatic nitrogens is 3. The van der Waals surface area contributed by atoms with E-state index in [9.17, 15) is 22.4 Å². The van der Waals surface area contributed by atoms with Gasteiger partial charge in [-0.15, -0.1) is 0 Å². The SMILES string of the molecule is COc1ccc(/C=C/C(=O)c2ccc(-n3cccc3)cc2)cc1Cn1nc(C(F)F)c(Cl)c1C(F)F. The number of carbonyl (C=O) groups is 1. The minimum Gasteiger partial charge on any atom is -0.496 e. The molecule has 0 amide bonds. The van der Waals surface area contributed by atoms with Crippen LogP contribution in [0.1, 0.15) is 45.7 Å². The quantitative estimate of drug-likeness (QED) is 0.134. The molecule has 10 heteroatoms. The zero-order valence-electron chi connectivity index (χ0n) is 18.9. The monoisotopic (exact) mass is 517 g/mol. The van der Waals surface area contributed by atoms with Gasteiger partial charge in [0.25, 0.3) is 12.9 Å². The lowest BCUT2D eigenvalue weighted by Gasteiger charge is -2.12. The number of ketones is 1. The summed E-state index contributed by atoms with van der Waals surface area (Å²) in [5.41, 5.74) is 0.670. The first-order valence-corrected chi connectivity index (χ1v) is 11.1. The Hall–Kier alpha value is -3.85. The maximum atomic E-state index is 13.5. The number of allylic oxidation sites excluding steroid dienone is 1. The highest BCUT2D eigenvalue weighted by Crippen LogP contribution is 2.35. The molecule has 5 nitrogen and oxygen atoms in total. The molecule has 186 valence electrons. The van der Waals surface area contributed by atoms with Crippen molar-refractivity contribution in [1.29, 1.82) is 0 Å². The maximum absolute atomic E-state index is 13.5. The fourth-order valence-electron chi connectivity index (χ4n) is 3.70. The van der Waals surface area contributed by atoms with Gasteiger partial charge < -0.3 is 9.30 Å². The molecule has 4 aromatic rings. The van der Waals surface area contributed by atoms with E-state index in [0.717, 1.165) is 10.4 Å². The second-order valence-electron chi connectivity index (χ2n) is 7.75. The number of benzene rings is 2. The number of ether oxygens (including phenoxy) is 1. The Morgan fingerprint density at radius 1 is 1.06 bits per heavy atom. The molecule has 4 rings (SSSR count). The van der Waals surface area contributed by atoms with E-state index in [1.54, 1.807) is 36.4 Å². The maximum Gasteiger partial charge on any atom is 0.283 e. The first-order chi connectivity index (χ1) is 17.3. The molecule has 2 aromatic heterocycles. The Morgan fingerprint density at radius 2 is 1.75 bits per heavy atom. The van der Waals surface area contributed by atoms with Crippen molar-refractivity contribution in [2.24, 2.45) is 0 Å². The van der Waals surface area contributed by atoms with Crippen LogP contribution in [-0.2, 0) is 6.54 Å². The summed E-state index contributed by atoms with van der Waals surface area (Å²) in [5.74, 6) is 0.108. The van der Waals surface area contributed by atoms with Gasteiger partial charge in [-0.1, -0.05) is 23.7 Å². The minimum absolute atomic E-state index is 0.230. The largest absolute Gasteiger partial charge is 0.496 e. The highest BCUT2D eigenvalue weighted by atomic mass is 35.5. The van der Waals surface area contributed by atoms with Crippen molar-refractivity contribution in [3.05, 3.63) is 106 Å². The Balaban J connectivity index is 1.57. The molecule has 0 bridgehead atoms. The van der Waals surface area contributed by atoms with E-state index in [2.05, 4.69) is 5.10 Å². The van der Waals surface area contributed by atoms with Crippen LogP contribution in [0.25, 0.3) is 11.8 Å². The number of hydrogen-bond donors (Lipinski definition) is 0. The van der Waals surface area contributed by atoms with Crippen LogP contribution in [0.4, 0.5) is 17.6 Å². The predicted octanol–water partition coefficient (Wildman–Crippen LogP) is 7.16. The average molecular weight is 518 g/mol. The third-order valence-electron chi connectivity index (χ3n) is 5.48. The smallest absolute Gasteiger partial charge is 0.283 e. The molecular weight excluding hydrogens is 498 g/mol. The molecule has 0 aliphatic rings. The van der Waals surface area contributed by atoms with Crippen LogP contribution >= 0.6 is 11.6 Å². The first kappa shape index (κ1) is 25.2. The van der Waals surface area contributed by atoms with Gasteiger partial charge in [0.1, 0.15) is 17.1 Å². The Bertz CT molecular complexity index is 1380. The van der Waals surface area contributed by atoms with E-state index in [-0.39, 0.29) is 12.3 Å². The number of carbonyl (C=O) groups excluding carboxylic acids is 1. The van der Waals surface area contributed by atoms with Gasteiger partial charge in [0.05, 0.1) is 18.7 Å². The van der Waals surface area contributed by atoms with Crippen LogP contribution in [0.3, 0.4) is 0 Å². The van der Waals surface area contributed by atoms with E-state index >= 15 is 0 Å². The number of alkyl halides is 4. The lowest BCUT2D eigenvalue weighted by molar-refractivity contribution is 0.104. The number of nitrogens with zero attached hydrogens (tertiary/aromatic N) is 3. The third kappa shape index (κ3) is 5.36. The average Bonchev–Trinajstić information content (AvgIpc) is 3.51. The van der Waals surface area contributed by atoms with E-state index in [0.29, 0.717) is 22.4 Å². The number of rotatable bonds is 9. The van der Waals surface area contributed by atoms with Crippen molar-refractivity contribution in [1.82, 2.24) is 14.3 Å². The molecule has 2 heterocycles. The van der Waals surface area contributed by atoms with Crippen LogP contribution in [0.2, 0.25) is 5.02 Å². The van der Waals surface area contributed by atoms with Gasteiger partial charge in [-0.3, -0.25) is 9.48 Å². The molecule has 0 N–H and O–H groups in total.